The van der Waals surface area contributed by atoms with Crippen LogP contribution in [0.4, 0.5) is 0 Å². The average Bonchev–Trinajstić information content (AvgIpc) is 3.44. The first-order chi connectivity index (χ1) is 18.6. The SMILES string of the molecule is CCOC(=O)C(N)Cc1ncc[nH]1.O=C(O[C@H](C(=O)O)[C@H](OC(=O)c1ccccc1)C(=O)O)c1ccccc1. The van der Waals surface area contributed by atoms with Crippen LogP contribution in [-0.4, -0.2) is 74.9 Å². The molecule has 13 heteroatoms. The van der Waals surface area contributed by atoms with Crippen molar-refractivity contribution in [1.29, 1.82) is 0 Å². The van der Waals surface area contributed by atoms with Crippen molar-refractivity contribution in [3.63, 3.8) is 0 Å². The van der Waals surface area contributed by atoms with Crippen LogP contribution in [0.1, 0.15) is 33.5 Å². The number of hydrogen-bond acceptors (Lipinski definition) is 10. The summed E-state index contributed by atoms with van der Waals surface area (Å²) in [5.41, 5.74) is 5.61. The smallest absolute Gasteiger partial charge is 0.349 e. The van der Waals surface area contributed by atoms with E-state index in [1.807, 2.05) is 0 Å². The zero-order valence-corrected chi connectivity index (χ0v) is 20.8. The normalized spacial score (nSPS) is 12.5. The Morgan fingerprint density at radius 3 is 1.67 bits per heavy atom. The van der Waals surface area contributed by atoms with Crippen LogP contribution in [0, 0.1) is 0 Å². The second-order valence-electron chi connectivity index (χ2n) is 7.66. The molecule has 206 valence electrons. The minimum Gasteiger partial charge on any atom is -0.478 e. The van der Waals surface area contributed by atoms with E-state index >= 15 is 0 Å². The highest BCUT2D eigenvalue weighted by Gasteiger charge is 2.41. The number of H-pyrrole nitrogens is 1. The lowest BCUT2D eigenvalue weighted by atomic mass is 10.1. The summed E-state index contributed by atoms with van der Waals surface area (Å²) in [6.45, 7) is 2.10. The van der Waals surface area contributed by atoms with Crippen LogP contribution in [-0.2, 0) is 35.0 Å². The molecule has 13 nitrogen and oxygen atoms in total. The number of ether oxygens (including phenoxy) is 3. The van der Waals surface area contributed by atoms with Crippen molar-refractivity contribution in [3.05, 3.63) is 90.0 Å². The summed E-state index contributed by atoms with van der Waals surface area (Å²) in [5, 5.41) is 18.5. The summed E-state index contributed by atoms with van der Waals surface area (Å²) in [6, 6.07) is 14.2. The average molecular weight is 542 g/mol. The molecule has 0 radical (unpaired) electrons. The van der Waals surface area contributed by atoms with Gasteiger partial charge in [0.1, 0.15) is 11.9 Å². The summed E-state index contributed by atoms with van der Waals surface area (Å²) in [7, 11) is 0. The van der Waals surface area contributed by atoms with Crippen LogP contribution < -0.4 is 5.73 Å². The standard InChI is InChI=1S/C18H14O8.C8H13N3O2/c19-15(20)13(25-17(23)11-7-3-1-4-8-11)14(16(21)22)26-18(24)12-9-5-2-6-10-12;1-2-13-8(12)6(9)5-7-10-3-4-11-7/h1-10,13-14H,(H,19,20)(H,21,22);3-4,6H,2,5,9H2,1H3,(H,10,11)/t13-,14-;/m0./s1. The van der Waals surface area contributed by atoms with E-state index in [-0.39, 0.29) is 17.1 Å². The number of hydrogen-bond donors (Lipinski definition) is 4. The lowest BCUT2D eigenvalue weighted by Crippen LogP contribution is -2.45. The van der Waals surface area contributed by atoms with Gasteiger partial charge in [-0.15, -0.1) is 0 Å². The number of aromatic amines is 1. The Kier molecular flexibility index (Phi) is 11.8. The molecule has 0 spiro atoms. The Bertz CT molecular complexity index is 1160. The lowest BCUT2D eigenvalue weighted by Gasteiger charge is -2.21. The van der Waals surface area contributed by atoms with Crippen molar-refractivity contribution >= 4 is 29.8 Å². The van der Waals surface area contributed by atoms with Crippen LogP contribution in [0.15, 0.2) is 73.1 Å². The maximum atomic E-state index is 12.0. The molecule has 39 heavy (non-hydrogen) atoms. The van der Waals surface area contributed by atoms with Gasteiger partial charge >= 0.3 is 29.8 Å². The van der Waals surface area contributed by atoms with E-state index in [4.69, 9.17) is 19.9 Å². The topological polar surface area (TPSA) is 208 Å². The molecule has 0 fully saturated rings. The molecule has 5 N–H and O–H groups in total. The quantitative estimate of drug-likeness (QED) is 0.201. The summed E-state index contributed by atoms with van der Waals surface area (Å²) < 4.78 is 14.3. The predicted molar refractivity (Wildman–Crippen MR) is 133 cm³/mol. The van der Waals surface area contributed by atoms with E-state index < -0.39 is 42.1 Å². The first-order valence-electron chi connectivity index (χ1n) is 11.5. The van der Waals surface area contributed by atoms with Crippen molar-refractivity contribution in [2.24, 2.45) is 5.73 Å². The summed E-state index contributed by atoms with van der Waals surface area (Å²) in [6.07, 6.45) is -0.743. The molecule has 3 aromatic rings. The molecule has 3 atom stereocenters. The van der Waals surface area contributed by atoms with Crippen molar-refractivity contribution in [3.8, 4) is 0 Å². The molecule has 0 saturated carbocycles. The maximum absolute atomic E-state index is 12.0. The number of carboxylic acids is 2. The number of carbonyl (C=O) groups is 5. The molecular formula is C26H27N3O10. The number of benzene rings is 2. The van der Waals surface area contributed by atoms with Gasteiger partial charge < -0.3 is 35.1 Å². The first-order valence-corrected chi connectivity index (χ1v) is 11.5. The van der Waals surface area contributed by atoms with Crippen LogP contribution in [0.5, 0.6) is 0 Å². The van der Waals surface area contributed by atoms with Crippen LogP contribution in [0.25, 0.3) is 0 Å². The molecule has 0 amide bonds. The van der Waals surface area contributed by atoms with Gasteiger partial charge in [-0.2, -0.15) is 0 Å². The number of nitrogens with zero attached hydrogens (tertiary/aromatic N) is 1. The Morgan fingerprint density at radius 2 is 1.31 bits per heavy atom. The Labute approximate surface area is 222 Å². The van der Waals surface area contributed by atoms with Crippen molar-refractivity contribution < 1.29 is 48.4 Å². The molecule has 0 aliphatic carbocycles. The first kappa shape index (κ1) is 30.2. The van der Waals surface area contributed by atoms with Crippen molar-refractivity contribution in [1.82, 2.24) is 9.97 Å². The second-order valence-corrected chi connectivity index (χ2v) is 7.66. The van der Waals surface area contributed by atoms with E-state index in [9.17, 15) is 34.2 Å². The van der Waals surface area contributed by atoms with Gasteiger partial charge in [-0.05, 0) is 31.2 Å². The number of esters is 3. The molecule has 0 bridgehead atoms. The molecule has 1 unspecified atom stereocenters. The molecule has 1 heterocycles. The predicted octanol–water partition coefficient (Wildman–Crippen LogP) is 1.45. The van der Waals surface area contributed by atoms with Gasteiger partial charge in [0.2, 0.25) is 12.2 Å². The van der Waals surface area contributed by atoms with Gasteiger partial charge in [-0.25, -0.2) is 24.2 Å². The Morgan fingerprint density at radius 1 is 0.846 bits per heavy atom. The minimum absolute atomic E-state index is 0.0253. The second kappa shape index (κ2) is 15.3. The molecule has 1 aromatic heterocycles. The lowest BCUT2D eigenvalue weighted by molar-refractivity contribution is -0.166. The number of carboxylic acid groups (broad SMARTS) is 2. The summed E-state index contributed by atoms with van der Waals surface area (Å²) in [4.78, 5) is 64.7. The van der Waals surface area contributed by atoms with Gasteiger partial charge in [-0.1, -0.05) is 36.4 Å². The van der Waals surface area contributed by atoms with Gasteiger partial charge in [0.15, 0.2) is 0 Å². The minimum atomic E-state index is -2.21. The van der Waals surface area contributed by atoms with Crippen molar-refractivity contribution in [2.75, 3.05) is 6.61 Å². The van der Waals surface area contributed by atoms with Crippen molar-refractivity contribution in [2.45, 2.75) is 31.6 Å². The maximum Gasteiger partial charge on any atom is 0.349 e. The Hall–Kier alpha value is -5.04. The van der Waals surface area contributed by atoms with Gasteiger partial charge in [0.05, 0.1) is 17.7 Å². The molecule has 3 rings (SSSR count). The number of nitrogens with two attached hydrogens (primary N) is 1. The fraction of sp³-hybridized carbons (Fsp3) is 0.231. The fourth-order valence-corrected chi connectivity index (χ4v) is 2.95. The van der Waals surface area contributed by atoms with E-state index in [1.165, 1.54) is 48.5 Å². The third kappa shape index (κ3) is 9.74. The molecular weight excluding hydrogens is 514 g/mol. The zero-order chi connectivity index (χ0) is 28.8. The van der Waals surface area contributed by atoms with Crippen LogP contribution in [0.2, 0.25) is 0 Å². The highest BCUT2D eigenvalue weighted by molar-refractivity contribution is 5.95. The van der Waals surface area contributed by atoms with E-state index in [0.717, 1.165) is 0 Å². The monoisotopic (exact) mass is 541 g/mol. The zero-order valence-electron chi connectivity index (χ0n) is 20.8. The third-order valence-electron chi connectivity index (χ3n) is 4.81. The molecule has 0 aliphatic heterocycles. The number of aromatic nitrogens is 2. The number of carbonyl (C=O) groups excluding carboxylic acids is 3. The van der Waals surface area contributed by atoms with Crippen LogP contribution >= 0.6 is 0 Å². The van der Waals surface area contributed by atoms with Crippen LogP contribution in [0.3, 0.4) is 0 Å². The van der Waals surface area contributed by atoms with E-state index in [0.29, 0.717) is 18.9 Å². The van der Waals surface area contributed by atoms with E-state index in [2.05, 4.69) is 9.97 Å². The molecule has 0 aliphatic rings. The highest BCUT2D eigenvalue weighted by atomic mass is 16.6. The molecule has 2 aromatic carbocycles. The highest BCUT2D eigenvalue weighted by Crippen LogP contribution is 2.13. The Balaban J connectivity index is 0.000000344. The number of rotatable bonds is 11. The largest absolute Gasteiger partial charge is 0.478 e. The van der Waals surface area contributed by atoms with Gasteiger partial charge in [0.25, 0.3) is 0 Å². The fourth-order valence-electron chi connectivity index (χ4n) is 2.95. The van der Waals surface area contributed by atoms with Gasteiger partial charge in [-0.3, -0.25) is 4.79 Å². The van der Waals surface area contributed by atoms with Gasteiger partial charge in [0, 0.05) is 18.8 Å². The number of nitrogens with one attached hydrogen (secondary N) is 1. The number of aliphatic carboxylic acids is 2. The molecule has 0 saturated heterocycles. The van der Waals surface area contributed by atoms with E-state index in [1.54, 1.807) is 31.5 Å². The number of imidazole rings is 1. The summed E-state index contributed by atoms with van der Waals surface area (Å²) >= 11 is 0. The summed E-state index contributed by atoms with van der Waals surface area (Å²) in [5.74, 6) is -5.33. The third-order valence-corrected chi connectivity index (χ3v) is 4.81.